The van der Waals surface area contributed by atoms with Gasteiger partial charge in [0, 0.05) is 24.4 Å². The summed E-state index contributed by atoms with van der Waals surface area (Å²) < 4.78 is 1.65. The number of benzene rings is 1. The van der Waals surface area contributed by atoms with Crippen LogP contribution in [0.2, 0.25) is 0 Å². The molecule has 0 saturated carbocycles. The van der Waals surface area contributed by atoms with Crippen LogP contribution in [0.5, 0.6) is 0 Å². The third-order valence-corrected chi connectivity index (χ3v) is 4.34. The number of anilines is 1. The van der Waals surface area contributed by atoms with Crippen molar-refractivity contribution in [1.82, 2.24) is 25.1 Å². The van der Waals surface area contributed by atoms with Crippen molar-refractivity contribution in [3.63, 3.8) is 0 Å². The second kappa shape index (κ2) is 7.22. The smallest absolute Gasteiger partial charge is 0.321 e. The maximum atomic E-state index is 11.9. The maximum absolute atomic E-state index is 11.9. The Labute approximate surface area is 143 Å². The van der Waals surface area contributed by atoms with Crippen LogP contribution in [0.4, 0.5) is 10.7 Å². The number of hydrogen-bond donors (Lipinski definition) is 2. The van der Waals surface area contributed by atoms with Gasteiger partial charge in [-0.2, -0.15) is 4.98 Å². The summed E-state index contributed by atoms with van der Waals surface area (Å²) in [5.41, 5.74) is 1.89. The molecule has 2 aromatic heterocycles. The first kappa shape index (κ1) is 16.1. The lowest BCUT2D eigenvalue weighted by atomic mass is 10.2. The van der Waals surface area contributed by atoms with Crippen molar-refractivity contribution in [3.8, 4) is 10.6 Å². The van der Waals surface area contributed by atoms with E-state index in [0.29, 0.717) is 12.5 Å². The first-order chi connectivity index (χ1) is 11.7. The van der Waals surface area contributed by atoms with Gasteiger partial charge in [-0.15, -0.1) is 16.4 Å². The summed E-state index contributed by atoms with van der Waals surface area (Å²) in [6.07, 6.45) is 0.758. The molecule has 0 fully saturated rings. The number of thiazole rings is 1. The SMILES string of the molecule is CCc1nc(NC(=O)NCc2csc(-c3ccccc3)n2)nn1C. The Morgan fingerprint density at radius 1 is 1.25 bits per heavy atom. The highest BCUT2D eigenvalue weighted by atomic mass is 32.1. The summed E-state index contributed by atoms with van der Waals surface area (Å²) in [7, 11) is 1.80. The van der Waals surface area contributed by atoms with Crippen molar-refractivity contribution in [1.29, 1.82) is 0 Å². The summed E-state index contributed by atoms with van der Waals surface area (Å²) in [6.45, 7) is 2.34. The van der Waals surface area contributed by atoms with E-state index in [-0.39, 0.29) is 6.03 Å². The number of aromatic nitrogens is 4. The summed E-state index contributed by atoms with van der Waals surface area (Å²) in [4.78, 5) is 20.7. The molecule has 0 saturated heterocycles. The zero-order valence-corrected chi connectivity index (χ0v) is 14.3. The summed E-state index contributed by atoms with van der Waals surface area (Å²) >= 11 is 1.56. The van der Waals surface area contributed by atoms with Crippen molar-refractivity contribution < 1.29 is 4.79 Å². The fourth-order valence-electron chi connectivity index (χ4n) is 2.20. The standard InChI is InChI=1S/C16H18N6OS/c1-3-13-19-15(21-22(13)2)20-16(23)17-9-12-10-24-14(18-12)11-7-5-4-6-8-11/h4-8,10H,3,9H2,1-2H3,(H2,17,20,21,23). The molecule has 0 atom stereocenters. The van der Waals surface area contributed by atoms with Crippen LogP contribution in [0.1, 0.15) is 18.4 Å². The number of nitrogens with one attached hydrogen (secondary N) is 2. The zero-order chi connectivity index (χ0) is 16.9. The maximum Gasteiger partial charge on any atom is 0.321 e. The Hall–Kier alpha value is -2.74. The molecule has 0 unspecified atom stereocenters. The minimum Gasteiger partial charge on any atom is -0.332 e. The molecule has 1 aromatic carbocycles. The second-order valence-electron chi connectivity index (χ2n) is 5.15. The van der Waals surface area contributed by atoms with Gasteiger partial charge in [-0.1, -0.05) is 37.3 Å². The third kappa shape index (κ3) is 3.77. The minimum atomic E-state index is -0.350. The van der Waals surface area contributed by atoms with Crippen LogP contribution in [0.3, 0.4) is 0 Å². The molecule has 24 heavy (non-hydrogen) atoms. The Morgan fingerprint density at radius 2 is 2.04 bits per heavy atom. The van der Waals surface area contributed by atoms with Crippen LogP contribution >= 0.6 is 11.3 Å². The predicted octanol–water partition coefficient (Wildman–Crippen LogP) is 2.82. The number of urea groups is 1. The fraction of sp³-hybridized carbons (Fsp3) is 0.250. The highest BCUT2D eigenvalue weighted by molar-refractivity contribution is 7.13. The van der Waals surface area contributed by atoms with Gasteiger partial charge in [0.15, 0.2) is 0 Å². The van der Waals surface area contributed by atoms with E-state index in [2.05, 4.69) is 25.7 Å². The molecule has 3 aromatic rings. The Kier molecular flexibility index (Phi) is 4.85. The molecule has 0 aliphatic rings. The molecule has 2 amide bonds. The molecule has 0 aliphatic heterocycles. The Balaban J connectivity index is 1.55. The fourth-order valence-corrected chi connectivity index (χ4v) is 3.02. The molecule has 2 N–H and O–H groups in total. The first-order valence-electron chi connectivity index (χ1n) is 7.60. The summed E-state index contributed by atoms with van der Waals surface area (Å²) in [6, 6.07) is 9.61. The normalized spacial score (nSPS) is 10.6. The Bertz CT molecular complexity index is 826. The molecule has 0 radical (unpaired) electrons. The molecular weight excluding hydrogens is 324 g/mol. The van der Waals surface area contributed by atoms with Crippen LogP contribution in [0.25, 0.3) is 10.6 Å². The molecule has 0 aliphatic carbocycles. The van der Waals surface area contributed by atoms with Gasteiger partial charge in [0.05, 0.1) is 12.2 Å². The van der Waals surface area contributed by atoms with Crippen LogP contribution < -0.4 is 10.6 Å². The molecule has 2 heterocycles. The van der Waals surface area contributed by atoms with Gasteiger partial charge in [-0.25, -0.2) is 9.78 Å². The average Bonchev–Trinajstić information content (AvgIpc) is 3.20. The number of hydrogen-bond acceptors (Lipinski definition) is 5. The van der Waals surface area contributed by atoms with Gasteiger partial charge in [-0.3, -0.25) is 10.00 Å². The van der Waals surface area contributed by atoms with Gasteiger partial charge in [0.2, 0.25) is 5.95 Å². The number of rotatable bonds is 5. The van der Waals surface area contributed by atoms with Crippen LogP contribution in [-0.2, 0) is 20.0 Å². The lowest BCUT2D eigenvalue weighted by Crippen LogP contribution is -2.28. The van der Waals surface area contributed by atoms with Crippen LogP contribution in [-0.4, -0.2) is 25.8 Å². The largest absolute Gasteiger partial charge is 0.332 e. The number of carbonyl (C=O) groups excluding carboxylic acids is 1. The predicted molar refractivity (Wildman–Crippen MR) is 93.8 cm³/mol. The summed E-state index contributed by atoms with van der Waals surface area (Å²) in [5.74, 6) is 1.12. The van der Waals surface area contributed by atoms with Gasteiger partial charge >= 0.3 is 6.03 Å². The quantitative estimate of drug-likeness (QED) is 0.747. The van der Waals surface area contributed by atoms with Gasteiger partial charge in [0.25, 0.3) is 0 Å². The minimum absolute atomic E-state index is 0.301. The van der Waals surface area contributed by atoms with Crippen LogP contribution in [0.15, 0.2) is 35.7 Å². The average molecular weight is 342 g/mol. The third-order valence-electron chi connectivity index (χ3n) is 3.40. The van der Waals surface area contributed by atoms with Crippen molar-refractivity contribution >= 4 is 23.3 Å². The van der Waals surface area contributed by atoms with E-state index < -0.39 is 0 Å². The monoisotopic (exact) mass is 342 g/mol. The highest BCUT2D eigenvalue weighted by Gasteiger charge is 2.10. The molecular formula is C16H18N6OS. The molecule has 124 valence electrons. The van der Waals surface area contributed by atoms with E-state index in [1.807, 2.05) is 42.6 Å². The molecule has 3 rings (SSSR count). The first-order valence-corrected chi connectivity index (χ1v) is 8.48. The number of amides is 2. The molecule has 0 bridgehead atoms. The zero-order valence-electron chi connectivity index (χ0n) is 13.5. The molecule has 8 heteroatoms. The Morgan fingerprint density at radius 3 is 2.75 bits per heavy atom. The van der Waals surface area contributed by atoms with Crippen molar-refractivity contribution in [2.75, 3.05) is 5.32 Å². The van der Waals surface area contributed by atoms with E-state index >= 15 is 0 Å². The van der Waals surface area contributed by atoms with Crippen molar-refractivity contribution in [3.05, 3.63) is 47.2 Å². The lowest BCUT2D eigenvalue weighted by Gasteiger charge is -2.02. The second-order valence-corrected chi connectivity index (χ2v) is 6.00. The van der Waals surface area contributed by atoms with Crippen molar-refractivity contribution in [2.24, 2.45) is 7.05 Å². The van der Waals surface area contributed by atoms with Gasteiger partial charge < -0.3 is 5.32 Å². The number of carbonyl (C=O) groups is 1. The van der Waals surface area contributed by atoms with Gasteiger partial charge in [-0.05, 0) is 0 Å². The van der Waals surface area contributed by atoms with Crippen molar-refractivity contribution in [2.45, 2.75) is 19.9 Å². The highest BCUT2D eigenvalue weighted by Crippen LogP contribution is 2.23. The lowest BCUT2D eigenvalue weighted by molar-refractivity contribution is 0.251. The van der Waals surface area contributed by atoms with E-state index in [9.17, 15) is 4.79 Å². The van der Waals surface area contributed by atoms with E-state index in [0.717, 1.165) is 28.5 Å². The molecule has 0 spiro atoms. The topological polar surface area (TPSA) is 84.7 Å². The van der Waals surface area contributed by atoms with E-state index in [4.69, 9.17) is 0 Å². The number of aryl methyl sites for hydroxylation is 2. The van der Waals surface area contributed by atoms with E-state index in [1.54, 1.807) is 23.1 Å². The van der Waals surface area contributed by atoms with E-state index in [1.165, 1.54) is 0 Å². The number of nitrogens with zero attached hydrogens (tertiary/aromatic N) is 4. The summed E-state index contributed by atoms with van der Waals surface area (Å²) in [5, 5.41) is 12.4. The molecule has 7 nitrogen and oxygen atoms in total. The van der Waals surface area contributed by atoms with Crippen LogP contribution in [0, 0.1) is 0 Å². The van der Waals surface area contributed by atoms with Gasteiger partial charge in [0.1, 0.15) is 10.8 Å².